The number of hydrogen-bond donors (Lipinski definition) is 4. The van der Waals surface area contributed by atoms with Crippen molar-refractivity contribution in [3.8, 4) is 11.5 Å². The van der Waals surface area contributed by atoms with Gasteiger partial charge in [0.05, 0.1) is 27.3 Å². The molecule has 4 heterocycles. The molecule has 5 amide bonds. The molecule has 7 rings (SSSR count). The zero-order chi connectivity index (χ0) is 42.3. The van der Waals surface area contributed by atoms with Crippen molar-refractivity contribution in [2.24, 2.45) is 5.92 Å². The summed E-state index contributed by atoms with van der Waals surface area (Å²) in [6, 6.07) is 18.0. The van der Waals surface area contributed by atoms with Gasteiger partial charge in [-0.25, -0.2) is 14.4 Å². The maximum absolute atomic E-state index is 15.0. The second kappa shape index (κ2) is 18.8. The molecule has 3 aromatic carbocycles. The van der Waals surface area contributed by atoms with E-state index in [-0.39, 0.29) is 58.3 Å². The number of nitrogens with two attached hydrogens (primary N) is 1. The molecular formula is C44H47FN8O6S. The smallest absolute Gasteiger partial charge is 0.263 e. The number of aromatic nitrogens is 2. The predicted molar refractivity (Wildman–Crippen MR) is 225 cm³/mol. The van der Waals surface area contributed by atoms with Crippen LogP contribution < -0.4 is 21.1 Å². The summed E-state index contributed by atoms with van der Waals surface area (Å²) < 4.78 is 20.9. The highest BCUT2D eigenvalue weighted by atomic mass is 32.2. The first-order valence-corrected chi connectivity index (χ1v) is 21.2. The highest BCUT2D eigenvalue weighted by Gasteiger charge is 2.46. The Hall–Kier alpha value is -6.16. The molecule has 3 aliphatic heterocycles. The SMILES string of the molecule is CC1CN(C(=O)CCCCCCSc2c(F)ccc3c2C(=O)N(C2CCC(=O)NC2=O)C3=O)CCC[C@H]1Nc1ncnc(N)c1C(=N)c1ccc(Oc2ccccc2)cc1. The fraction of sp³-hybridized carbons (Fsp3) is 0.364. The van der Waals surface area contributed by atoms with E-state index in [1.165, 1.54) is 12.4 Å². The Balaban J connectivity index is 0.866. The van der Waals surface area contributed by atoms with Gasteiger partial charge in [0.2, 0.25) is 17.7 Å². The summed E-state index contributed by atoms with van der Waals surface area (Å²) in [5.41, 5.74) is 7.57. The number of unbranched alkanes of at least 4 members (excludes halogenated alkanes) is 3. The van der Waals surface area contributed by atoms with E-state index in [0.717, 1.165) is 48.4 Å². The van der Waals surface area contributed by atoms with Crippen LogP contribution in [0.1, 0.15) is 96.6 Å². The molecule has 60 heavy (non-hydrogen) atoms. The molecule has 14 nitrogen and oxygen atoms in total. The van der Waals surface area contributed by atoms with Crippen LogP contribution >= 0.6 is 11.8 Å². The highest BCUT2D eigenvalue weighted by molar-refractivity contribution is 7.99. The minimum Gasteiger partial charge on any atom is -0.457 e. The number of nitrogens with zero attached hydrogens (tertiary/aromatic N) is 4. The lowest BCUT2D eigenvalue weighted by Crippen LogP contribution is -2.54. The van der Waals surface area contributed by atoms with Crippen molar-refractivity contribution >= 4 is 58.6 Å². The first-order valence-electron chi connectivity index (χ1n) is 20.2. The number of carbonyl (C=O) groups is 5. The van der Waals surface area contributed by atoms with Gasteiger partial charge in [-0.1, -0.05) is 38.0 Å². The molecule has 2 saturated heterocycles. The number of fused-ring (bicyclic) bond motifs is 1. The van der Waals surface area contributed by atoms with Gasteiger partial charge >= 0.3 is 0 Å². The van der Waals surface area contributed by atoms with E-state index in [1.54, 1.807) is 24.3 Å². The summed E-state index contributed by atoms with van der Waals surface area (Å²) in [7, 11) is 0. The number of thioether (sulfide) groups is 1. The molecule has 2 fully saturated rings. The summed E-state index contributed by atoms with van der Waals surface area (Å²) in [5, 5.41) is 14.7. The summed E-state index contributed by atoms with van der Waals surface area (Å²) in [6.45, 7) is 3.31. The largest absolute Gasteiger partial charge is 0.457 e. The number of ether oxygens (including phenoxy) is 1. The zero-order valence-electron chi connectivity index (χ0n) is 33.2. The summed E-state index contributed by atoms with van der Waals surface area (Å²) in [4.78, 5) is 75.4. The van der Waals surface area contributed by atoms with Crippen LogP contribution in [0.15, 0.2) is 78.0 Å². The number of amides is 5. The number of nitrogens with one attached hydrogen (secondary N) is 3. The molecule has 1 aromatic heterocycles. The molecule has 0 radical (unpaired) electrons. The van der Waals surface area contributed by atoms with Gasteiger partial charge in [0.1, 0.15) is 41.3 Å². The molecule has 0 spiro atoms. The van der Waals surface area contributed by atoms with Crippen molar-refractivity contribution in [1.29, 1.82) is 5.41 Å². The Morgan fingerprint density at radius 3 is 2.48 bits per heavy atom. The molecule has 4 aromatic rings. The fourth-order valence-corrected chi connectivity index (χ4v) is 8.99. The average molecular weight is 835 g/mol. The van der Waals surface area contributed by atoms with E-state index in [1.807, 2.05) is 35.2 Å². The maximum atomic E-state index is 15.0. The minimum absolute atomic E-state index is 0.000846. The first-order chi connectivity index (χ1) is 29.0. The summed E-state index contributed by atoms with van der Waals surface area (Å²) in [6.07, 6.45) is 6.39. The molecule has 0 aliphatic carbocycles. The van der Waals surface area contributed by atoms with Crippen LogP contribution in [0.4, 0.5) is 16.0 Å². The van der Waals surface area contributed by atoms with Crippen LogP contribution in [-0.4, -0.2) is 85.9 Å². The summed E-state index contributed by atoms with van der Waals surface area (Å²) >= 11 is 1.16. The Morgan fingerprint density at radius 2 is 1.72 bits per heavy atom. The topological polar surface area (TPSA) is 201 Å². The molecule has 0 bridgehead atoms. The molecule has 16 heteroatoms. The average Bonchev–Trinajstić information content (AvgIpc) is 3.34. The van der Waals surface area contributed by atoms with Gasteiger partial charge in [0, 0.05) is 37.5 Å². The lowest BCUT2D eigenvalue weighted by Gasteiger charge is -2.27. The molecule has 3 aliphatic rings. The fourth-order valence-electron chi connectivity index (χ4n) is 7.89. The second-order valence-electron chi connectivity index (χ2n) is 15.3. The number of carbonyl (C=O) groups excluding carboxylic acids is 5. The lowest BCUT2D eigenvalue weighted by molar-refractivity contribution is -0.136. The number of nitrogen functional groups attached to an aromatic ring is 1. The third-order valence-electron chi connectivity index (χ3n) is 11.1. The normalized spacial score (nSPS) is 19.1. The van der Waals surface area contributed by atoms with E-state index >= 15 is 4.39 Å². The lowest BCUT2D eigenvalue weighted by atomic mass is 9.97. The number of imide groups is 2. The molecule has 2 unspecified atom stereocenters. The van der Waals surface area contributed by atoms with Crippen LogP contribution in [0, 0.1) is 17.1 Å². The number of rotatable bonds is 15. The summed E-state index contributed by atoms with van der Waals surface area (Å²) in [5.74, 6) is -0.502. The van der Waals surface area contributed by atoms with Crippen molar-refractivity contribution in [3.05, 3.63) is 101 Å². The van der Waals surface area contributed by atoms with Gasteiger partial charge in [-0.05, 0) is 92.3 Å². The van der Waals surface area contributed by atoms with Crippen molar-refractivity contribution in [3.63, 3.8) is 0 Å². The quantitative estimate of drug-likeness (QED) is 0.0436. The highest BCUT2D eigenvalue weighted by Crippen LogP contribution is 2.37. The standard InChI is InChI=1S/C44H47FN8O6S/c1-26-24-52(22-9-12-32(26)50-41-37(40(47)48-25-49-41)38(46)27-14-16-29(17-15-27)59-28-10-5-4-6-11-28)35(55)13-7-2-3-8-23-60-39-31(45)19-18-30-36(39)44(58)53(43(30)57)33-20-21-34(54)51-42(33)56/h4-6,10-11,14-19,25-26,32-33,46H,2-3,7-9,12-13,20-24H2,1H3,(H,51,54,56)(H3,47,48,49,50)/t26?,32-,33?/m1/s1. The van der Waals surface area contributed by atoms with E-state index in [0.29, 0.717) is 66.5 Å². The molecule has 312 valence electrons. The van der Waals surface area contributed by atoms with Gasteiger partial charge in [0.15, 0.2) is 0 Å². The Bertz CT molecular complexity index is 2290. The van der Waals surface area contributed by atoms with Gasteiger partial charge in [-0.15, -0.1) is 11.8 Å². The van der Waals surface area contributed by atoms with Crippen molar-refractivity contribution in [2.75, 3.05) is 29.9 Å². The van der Waals surface area contributed by atoms with Gasteiger partial charge < -0.3 is 20.7 Å². The number of hydrogen-bond acceptors (Lipinski definition) is 12. The maximum Gasteiger partial charge on any atom is 0.263 e. The van der Waals surface area contributed by atoms with E-state index in [9.17, 15) is 24.0 Å². The van der Waals surface area contributed by atoms with Gasteiger partial charge in [-0.3, -0.25) is 39.6 Å². The van der Waals surface area contributed by atoms with Crippen LogP contribution in [0.3, 0.4) is 0 Å². The predicted octanol–water partition coefficient (Wildman–Crippen LogP) is 6.59. The van der Waals surface area contributed by atoms with Crippen molar-refractivity contribution in [1.82, 2.24) is 25.1 Å². The molecule has 5 N–H and O–H groups in total. The number of anilines is 2. The minimum atomic E-state index is -1.12. The number of likely N-dealkylation sites (tertiary alicyclic amines) is 1. The second-order valence-corrected chi connectivity index (χ2v) is 16.4. The Morgan fingerprint density at radius 1 is 0.967 bits per heavy atom. The molecular weight excluding hydrogens is 788 g/mol. The number of benzene rings is 3. The van der Waals surface area contributed by atoms with Crippen LogP contribution in [0.2, 0.25) is 0 Å². The third kappa shape index (κ3) is 9.33. The van der Waals surface area contributed by atoms with Crippen molar-refractivity contribution < 1.29 is 33.1 Å². The molecule has 3 atom stereocenters. The van der Waals surface area contributed by atoms with E-state index in [4.69, 9.17) is 15.9 Å². The van der Waals surface area contributed by atoms with E-state index < -0.39 is 35.5 Å². The number of para-hydroxylation sites is 1. The van der Waals surface area contributed by atoms with E-state index in [2.05, 4.69) is 27.5 Å². The Labute approximate surface area is 351 Å². The van der Waals surface area contributed by atoms with Crippen molar-refractivity contribution in [2.45, 2.75) is 81.7 Å². The van der Waals surface area contributed by atoms with Crippen LogP contribution in [0.5, 0.6) is 11.5 Å². The van der Waals surface area contributed by atoms with Crippen LogP contribution in [0.25, 0.3) is 0 Å². The number of halogens is 1. The zero-order valence-corrected chi connectivity index (χ0v) is 34.1. The third-order valence-corrected chi connectivity index (χ3v) is 12.3. The van der Waals surface area contributed by atoms with Gasteiger partial charge in [-0.2, -0.15) is 0 Å². The van der Waals surface area contributed by atoms with Gasteiger partial charge in [0.25, 0.3) is 11.8 Å². The van der Waals surface area contributed by atoms with Crippen LogP contribution in [-0.2, 0) is 14.4 Å². The first kappa shape index (κ1) is 42.0. The molecule has 0 saturated carbocycles. The number of piperidine rings is 1. The Kier molecular flexibility index (Phi) is 13.2. The monoisotopic (exact) mass is 834 g/mol.